The van der Waals surface area contributed by atoms with Gasteiger partial charge in [-0.2, -0.15) is 0 Å². The lowest BCUT2D eigenvalue weighted by atomic mass is 9.93. The lowest BCUT2D eigenvalue weighted by Crippen LogP contribution is -2.09. The van der Waals surface area contributed by atoms with Crippen molar-refractivity contribution in [1.82, 2.24) is 9.97 Å². The number of ketones is 2. The zero-order valence-corrected chi connectivity index (χ0v) is 18.5. The number of fused-ring (bicyclic) bond motifs is 1. The predicted octanol–water partition coefficient (Wildman–Crippen LogP) is 3.81. The first-order valence-electron chi connectivity index (χ1n) is 10.3. The number of hydrogen-bond donors (Lipinski definition) is 1. The molecule has 33 heavy (non-hydrogen) atoms. The average molecular weight is 445 g/mol. The van der Waals surface area contributed by atoms with Crippen molar-refractivity contribution in [2.24, 2.45) is 0 Å². The van der Waals surface area contributed by atoms with E-state index in [1.807, 2.05) is 25.1 Å². The molecule has 0 spiro atoms. The van der Waals surface area contributed by atoms with E-state index in [4.69, 9.17) is 14.2 Å². The molecule has 1 aliphatic carbocycles. The van der Waals surface area contributed by atoms with Crippen LogP contribution in [-0.2, 0) is 14.3 Å². The molecular weight excluding hydrogens is 422 g/mol. The van der Waals surface area contributed by atoms with Gasteiger partial charge in [-0.15, -0.1) is 0 Å². The van der Waals surface area contributed by atoms with E-state index in [0.717, 1.165) is 5.56 Å². The molecule has 4 rings (SSSR count). The summed E-state index contributed by atoms with van der Waals surface area (Å²) in [6.07, 6.45) is 5.36. The van der Waals surface area contributed by atoms with Crippen molar-refractivity contribution in [3.8, 4) is 11.5 Å². The largest absolute Gasteiger partial charge is 0.493 e. The van der Waals surface area contributed by atoms with Gasteiger partial charge in [-0.1, -0.05) is 11.6 Å². The highest BCUT2D eigenvalue weighted by Crippen LogP contribution is 2.36. The maximum Gasteiger partial charge on any atom is 0.186 e. The molecule has 0 saturated carbocycles. The summed E-state index contributed by atoms with van der Waals surface area (Å²) in [7, 11) is 3.17. The second-order valence-electron chi connectivity index (χ2n) is 7.42. The number of nitrogens with one attached hydrogen (secondary N) is 1. The Hall–Kier alpha value is -4.04. The highest BCUT2D eigenvalue weighted by molar-refractivity contribution is 6.34. The summed E-state index contributed by atoms with van der Waals surface area (Å²) in [6, 6.07) is 9.22. The number of carbonyl (C=O) groups excluding carboxylic acids is 2. The van der Waals surface area contributed by atoms with Crippen LogP contribution < -0.4 is 14.8 Å². The van der Waals surface area contributed by atoms with Gasteiger partial charge in [-0.05, 0) is 43.4 Å². The van der Waals surface area contributed by atoms with Crippen LogP contribution in [0.2, 0.25) is 0 Å². The van der Waals surface area contributed by atoms with Crippen LogP contribution in [0, 0.1) is 6.92 Å². The zero-order chi connectivity index (χ0) is 23.4. The second-order valence-corrected chi connectivity index (χ2v) is 7.42. The Labute approximate surface area is 190 Å². The molecule has 0 aliphatic heterocycles. The van der Waals surface area contributed by atoms with Crippen molar-refractivity contribution >= 4 is 39.5 Å². The van der Waals surface area contributed by atoms with Crippen LogP contribution in [0.25, 0.3) is 16.5 Å². The highest BCUT2D eigenvalue weighted by atomic mass is 16.5. The Kier molecular flexibility index (Phi) is 6.46. The maximum absolute atomic E-state index is 12.5. The molecule has 2 aromatic carbocycles. The maximum atomic E-state index is 12.5. The second kappa shape index (κ2) is 9.62. The molecule has 8 nitrogen and oxygen atoms in total. The Morgan fingerprint density at radius 3 is 2.61 bits per heavy atom. The normalized spacial score (nSPS) is 13.2. The summed E-state index contributed by atoms with van der Waals surface area (Å²) >= 11 is 0. The van der Waals surface area contributed by atoms with Gasteiger partial charge in [0, 0.05) is 35.4 Å². The zero-order valence-electron chi connectivity index (χ0n) is 18.5. The summed E-state index contributed by atoms with van der Waals surface area (Å²) in [6.45, 7) is 2.74. The molecule has 168 valence electrons. The lowest BCUT2D eigenvalue weighted by molar-refractivity contribution is -0.113. The van der Waals surface area contributed by atoms with Gasteiger partial charge in [0.25, 0.3) is 0 Å². The van der Waals surface area contributed by atoms with Gasteiger partial charge in [0.1, 0.15) is 18.8 Å². The number of hydrogen-bond acceptors (Lipinski definition) is 8. The number of carbonyl (C=O) groups is 2. The van der Waals surface area contributed by atoms with E-state index in [1.165, 1.54) is 24.6 Å². The van der Waals surface area contributed by atoms with Crippen LogP contribution in [0.15, 0.2) is 54.9 Å². The van der Waals surface area contributed by atoms with Gasteiger partial charge in [0.15, 0.2) is 23.1 Å². The van der Waals surface area contributed by atoms with Crippen LogP contribution in [-0.4, -0.2) is 49.0 Å². The van der Waals surface area contributed by atoms with Crippen LogP contribution in [0.1, 0.15) is 11.1 Å². The summed E-state index contributed by atoms with van der Waals surface area (Å²) in [5, 5.41) is 4.01. The van der Waals surface area contributed by atoms with E-state index in [2.05, 4.69) is 15.3 Å². The molecule has 0 radical (unpaired) electrons. The number of aromatic nitrogens is 2. The third-order valence-electron chi connectivity index (χ3n) is 5.14. The first-order chi connectivity index (χ1) is 16.0. The van der Waals surface area contributed by atoms with Crippen LogP contribution in [0.4, 0.5) is 11.5 Å². The number of rotatable bonds is 8. The summed E-state index contributed by atoms with van der Waals surface area (Å²) < 4.78 is 16.3. The molecule has 0 amide bonds. The Morgan fingerprint density at radius 2 is 1.82 bits per heavy atom. The number of benzene rings is 2. The van der Waals surface area contributed by atoms with Gasteiger partial charge < -0.3 is 19.5 Å². The molecule has 0 fully saturated rings. The minimum atomic E-state index is -0.227. The topological polar surface area (TPSA) is 99.6 Å². The number of anilines is 2. The van der Waals surface area contributed by atoms with E-state index in [0.29, 0.717) is 58.3 Å². The number of aryl methyl sites for hydroxylation is 1. The van der Waals surface area contributed by atoms with Crippen molar-refractivity contribution in [2.75, 3.05) is 32.8 Å². The summed E-state index contributed by atoms with van der Waals surface area (Å²) in [4.78, 5) is 33.2. The van der Waals surface area contributed by atoms with E-state index in [9.17, 15) is 9.59 Å². The van der Waals surface area contributed by atoms with Crippen molar-refractivity contribution in [3.05, 3.63) is 66.0 Å². The third kappa shape index (κ3) is 4.75. The molecule has 1 heterocycles. The molecule has 0 bridgehead atoms. The molecule has 0 unspecified atom stereocenters. The van der Waals surface area contributed by atoms with Crippen molar-refractivity contribution < 1.29 is 23.8 Å². The molecular formula is C25H23N3O5. The predicted molar refractivity (Wildman–Crippen MR) is 125 cm³/mol. The van der Waals surface area contributed by atoms with Gasteiger partial charge in [0.2, 0.25) is 0 Å². The highest BCUT2D eigenvalue weighted by Gasteiger charge is 2.20. The number of ether oxygens (including phenoxy) is 3. The molecule has 1 aliphatic rings. The first kappa shape index (κ1) is 22.2. The summed E-state index contributed by atoms with van der Waals surface area (Å²) in [5.74, 6) is 1.15. The van der Waals surface area contributed by atoms with Crippen LogP contribution in [0.3, 0.4) is 0 Å². The number of allylic oxidation sites excluding steroid dienone is 4. The number of nitrogens with zero attached hydrogens (tertiary/aromatic N) is 2. The van der Waals surface area contributed by atoms with Crippen LogP contribution >= 0.6 is 0 Å². The fourth-order valence-electron chi connectivity index (χ4n) is 3.51. The van der Waals surface area contributed by atoms with Crippen molar-refractivity contribution in [2.45, 2.75) is 6.92 Å². The quantitative estimate of drug-likeness (QED) is 0.413. The fraction of sp³-hybridized carbons (Fsp3) is 0.200. The monoisotopic (exact) mass is 445 g/mol. The summed E-state index contributed by atoms with van der Waals surface area (Å²) in [5.41, 5.74) is 3.20. The minimum absolute atomic E-state index is 0.227. The van der Waals surface area contributed by atoms with Crippen molar-refractivity contribution in [3.63, 3.8) is 0 Å². The van der Waals surface area contributed by atoms with Gasteiger partial charge in [-0.3, -0.25) is 9.59 Å². The average Bonchev–Trinajstić information content (AvgIpc) is 2.81. The number of methoxy groups -OCH3 is 2. The minimum Gasteiger partial charge on any atom is -0.493 e. The Balaban J connectivity index is 1.76. The van der Waals surface area contributed by atoms with E-state index < -0.39 is 0 Å². The fourth-order valence-corrected chi connectivity index (χ4v) is 3.51. The molecule has 0 saturated heterocycles. The lowest BCUT2D eigenvalue weighted by Gasteiger charge is -2.17. The smallest absolute Gasteiger partial charge is 0.186 e. The third-order valence-corrected chi connectivity index (χ3v) is 5.14. The van der Waals surface area contributed by atoms with Gasteiger partial charge in [-0.25, -0.2) is 9.97 Å². The molecule has 0 atom stereocenters. The SMILES string of the molecule is COCCOc1cc2ncnc(Nc3ccc(C)cc3C3=CC(=O)C=CC3=O)c2cc1OC. The Bertz CT molecular complexity index is 1300. The van der Waals surface area contributed by atoms with Gasteiger partial charge >= 0.3 is 0 Å². The first-order valence-corrected chi connectivity index (χ1v) is 10.3. The van der Waals surface area contributed by atoms with Gasteiger partial charge in [0.05, 0.1) is 19.2 Å². The molecule has 1 aromatic heterocycles. The Morgan fingerprint density at radius 1 is 0.970 bits per heavy atom. The van der Waals surface area contributed by atoms with E-state index in [1.54, 1.807) is 26.4 Å². The van der Waals surface area contributed by atoms with Crippen LogP contribution in [0.5, 0.6) is 11.5 Å². The molecule has 3 aromatic rings. The van der Waals surface area contributed by atoms with Crippen molar-refractivity contribution in [1.29, 1.82) is 0 Å². The molecule has 1 N–H and O–H groups in total. The molecule has 8 heteroatoms. The van der Waals surface area contributed by atoms with E-state index in [-0.39, 0.29) is 11.6 Å². The van der Waals surface area contributed by atoms with E-state index >= 15 is 0 Å². The standard InChI is InChI=1S/C25H23N3O5/c1-15-4-6-20(17(10-15)18-11-16(29)5-7-22(18)30)28-25-19-12-23(32-3)24(33-9-8-31-2)13-21(19)26-14-27-25/h4-7,10-14H,8-9H2,1-3H3,(H,26,27,28).